The SMILES string of the molecule is O=C(NCC1CC1)c1nn(-c2ccc(C(F)(F)F)cc2)c(=O)n(Cc2cccc(Cl)c2)c1=O. The van der Waals surface area contributed by atoms with Crippen LogP contribution in [0.25, 0.3) is 5.69 Å². The van der Waals surface area contributed by atoms with Crippen LogP contribution in [0.4, 0.5) is 13.2 Å². The van der Waals surface area contributed by atoms with Crippen LogP contribution in [0.1, 0.15) is 34.5 Å². The van der Waals surface area contributed by atoms with Gasteiger partial charge < -0.3 is 5.32 Å². The maximum atomic E-state index is 13.1. The van der Waals surface area contributed by atoms with Gasteiger partial charge >= 0.3 is 11.9 Å². The van der Waals surface area contributed by atoms with E-state index in [2.05, 4.69) is 10.4 Å². The molecular weight excluding hydrogens is 461 g/mol. The standard InChI is InChI=1S/C22H18ClF3N4O3/c23-16-3-1-2-14(10-16)12-29-20(32)18(19(31)27-11-13-4-5-13)28-30(21(29)33)17-8-6-15(7-9-17)22(24,25)26/h1-3,6-10,13H,4-5,11-12H2,(H,27,31). The molecule has 1 heterocycles. The van der Waals surface area contributed by atoms with E-state index in [1.165, 1.54) is 0 Å². The number of hydrogen-bond donors (Lipinski definition) is 1. The number of hydrogen-bond acceptors (Lipinski definition) is 4. The molecule has 0 saturated heterocycles. The molecule has 1 N–H and O–H groups in total. The van der Waals surface area contributed by atoms with Gasteiger partial charge in [0.25, 0.3) is 11.5 Å². The molecule has 0 bridgehead atoms. The van der Waals surface area contributed by atoms with Crippen LogP contribution in [-0.4, -0.2) is 26.8 Å². The van der Waals surface area contributed by atoms with Crippen molar-refractivity contribution in [3.63, 3.8) is 0 Å². The minimum atomic E-state index is -4.56. The van der Waals surface area contributed by atoms with Gasteiger partial charge in [-0.2, -0.15) is 23.0 Å². The first-order valence-electron chi connectivity index (χ1n) is 10.1. The van der Waals surface area contributed by atoms with Crippen molar-refractivity contribution < 1.29 is 18.0 Å². The number of halogens is 4. The molecule has 2 aromatic carbocycles. The van der Waals surface area contributed by atoms with Gasteiger partial charge in [0.2, 0.25) is 5.69 Å². The second-order valence-corrected chi connectivity index (χ2v) is 8.20. The van der Waals surface area contributed by atoms with E-state index < -0.39 is 34.6 Å². The third-order valence-corrected chi connectivity index (χ3v) is 5.43. The highest BCUT2D eigenvalue weighted by molar-refractivity contribution is 6.30. The predicted molar refractivity (Wildman–Crippen MR) is 115 cm³/mol. The Balaban J connectivity index is 1.80. The van der Waals surface area contributed by atoms with Crippen LogP contribution >= 0.6 is 11.6 Å². The topological polar surface area (TPSA) is 86.0 Å². The number of aromatic nitrogens is 3. The molecule has 33 heavy (non-hydrogen) atoms. The lowest BCUT2D eigenvalue weighted by atomic mass is 10.2. The monoisotopic (exact) mass is 478 g/mol. The summed E-state index contributed by atoms with van der Waals surface area (Å²) < 4.78 is 40.3. The zero-order chi connectivity index (χ0) is 23.8. The van der Waals surface area contributed by atoms with Crippen LogP contribution in [-0.2, 0) is 12.7 Å². The molecule has 1 amide bonds. The van der Waals surface area contributed by atoms with Crippen LogP contribution in [0.2, 0.25) is 5.02 Å². The number of amides is 1. The molecular formula is C22H18ClF3N4O3. The molecule has 7 nitrogen and oxygen atoms in total. The van der Waals surface area contributed by atoms with E-state index in [9.17, 15) is 27.6 Å². The number of nitrogens with zero attached hydrogens (tertiary/aromatic N) is 3. The van der Waals surface area contributed by atoms with Gasteiger partial charge in [0.15, 0.2) is 0 Å². The summed E-state index contributed by atoms with van der Waals surface area (Å²) in [5.41, 5.74) is -2.75. The van der Waals surface area contributed by atoms with Gasteiger partial charge in [-0.05, 0) is 60.7 Å². The van der Waals surface area contributed by atoms with Crippen LogP contribution in [0, 0.1) is 5.92 Å². The zero-order valence-electron chi connectivity index (χ0n) is 17.1. The van der Waals surface area contributed by atoms with Crippen molar-refractivity contribution in [2.24, 2.45) is 5.92 Å². The van der Waals surface area contributed by atoms with Crippen LogP contribution < -0.4 is 16.6 Å². The van der Waals surface area contributed by atoms with E-state index in [1.54, 1.807) is 24.3 Å². The van der Waals surface area contributed by atoms with Gasteiger partial charge in [0.1, 0.15) is 0 Å². The van der Waals surface area contributed by atoms with Crippen molar-refractivity contribution in [1.29, 1.82) is 0 Å². The van der Waals surface area contributed by atoms with Crippen molar-refractivity contribution >= 4 is 17.5 Å². The maximum Gasteiger partial charge on any atom is 0.416 e. The Bertz CT molecular complexity index is 1310. The molecule has 1 saturated carbocycles. The quantitative estimate of drug-likeness (QED) is 0.589. The minimum Gasteiger partial charge on any atom is -0.350 e. The molecule has 172 valence electrons. The average Bonchev–Trinajstić information content (AvgIpc) is 3.59. The molecule has 1 fully saturated rings. The smallest absolute Gasteiger partial charge is 0.350 e. The molecule has 0 aliphatic heterocycles. The average molecular weight is 479 g/mol. The fourth-order valence-corrected chi connectivity index (χ4v) is 3.43. The van der Waals surface area contributed by atoms with E-state index in [1.807, 2.05) is 0 Å². The molecule has 0 radical (unpaired) electrons. The zero-order valence-corrected chi connectivity index (χ0v) is 17.9. The first-order valence-corrected chi connectivity index (χ1v) is 10.5. The lowest BCUT2D eigenvalue weighted by molar-refractivity contribution is -0.137. The van der Waals surface area contributed by atoms with E-state index in [4.69, 9.17) is 11.6 Å². The summed E-state index contributed by atoms with van der Waals surface area (Å²) in [4.78, 5) is 38.7. The molecule has 1 aromatic heterocycles. The molecule has 4 rings (SSSR count). The third kappa shape index (κ3) is 5.16. The Labute approximate surface area is 190 Å². The minimum absolute atomic E-state index is 0.0240. The normalized spacial score (nSPS) is 13.7. The Kier molecular flexibility index (Phi) is 6.11. The second-order valence-electron chi connectivity index (χ2n) is 7.76. The highest BCUT2D eigenvalue weighted by Gasteiger charge is 2.30. The Morgan fingerprint density at radius 2 is 1.82 bits per heavy atom. The Morgan fingerprint density at radius 1 is 1.12 bits per heavy atom. The van der Waals surface area contributed by atoms with Gasteiger partial charge in [-0.1, -0.05) is 23.7 Å². The molecule has 1 aliphatic carbocycles. The van der Waals surface area contributed by atoms with Gasteiger partial charge in [-0.25, -0.2) is 4.79 Å². The molecule has 1 aliphatic rings. The Morgan fingerprint density at radius 3 is 2.42 bits per heavy atom. The van der Waals surface area contributed by atoms with Crippen molar-refractivity contribution in [3.8, 4) is 5.69 Å². The first kappa shape index (κ1) is 22.8. The van der Waals surface area contributed by atoms with E-state index >= 15 is 0 Å². The number of benzene rings is 2. The summed E-state index contributed by atoms with van der Waals surface area (Å²) in [6.07, 6.45) is -2.62. The van der Waals surface area contributed by atoms with Gasteiger partial charge in [-0.3, -0.25) is 14.2 Å². The summed E-state index contributed by atoms with van der Waals surface area (Å²) in [5.74, 6) is -0.421. The number of alkyl halides is 3. The maximum absolute atomic E-state index is 13.1. The first-order chi connectivity index (χ1) is 15.6. The lowest BCUT2D eigenvalue weighted by Crippen LogP contribution is -2.46. The highest BCUT2D eigenvalue weighted by Crippen LogP contribution is 2.29. The lowest BCUT2D eigenvalue weighted by Gasteiger charge is -2.13. The number of rotatable bonds is 6. The summed E-state index contributed by atoms with van der Waals surface area (Å²) >= 11 is 5.99. The summed E-state index contributed by atoms with van der Waals surface area (Å²) in [6.45, 7) is 0.165. The van der Waals surface area contributed by atoms with Gasteiger partial charge in [0.05, 0.1) is 17.8 Å². The highest BCUT2D eigenvalue weighted by atomic mass is 35.5. The molecule has 0 atom stereocenters. The predicted octanol–water partition coefficient (Wildman–Crippen LogP) is 3.25. The summed E-state index contributed by atoms with van der Waals surface area (Å²) in [5, 5.41) is 6.92. The van der Waals surface area contributed by atoms with Crippen molar-refractivity contribution in [2.45, 2.75) is 25.6 Å². The Hall–Kier alpha value is -3.40. The second kappa shape index (κ2) is 8.86. The number of nitrogens with one attached hydrogen (secondary N) is 1. The van der Waals surface area contributed by atoms with Crippen molar-refractivity contribution in [2.75, 3.05) is 6.54 Å². The van der Waals surface area contributed by atoms with E-state index in [-0.39, 0.29) is 12.2 Å². The largest absolute Gasteiger partial charge is 0.416 e. The van der Waals surface area contributed by atoms with Gasteiger partial charge in [-0.15, -0.1) is 0 Å². The van der Waals surface area contributed by atoms with E-state index in [0.717, 1.165) is 46.4 Å². The van der Waals surface area contributed by atoms with E-state index in [0.29, 0.717) is 23.0 Å². The fourth-order valence-electron chi connectivity index (χ4n) is 3.22. The molecule has 0 spiro atoms. The van der Waals surface area contributed by atoms with Crippen LogP contribution in [0.5, 0.6) is 0 Å². The molecule has 11 heteroatoms. The summed E-state index contributed by atoms with van der Waals surface area (Å²) in [7, 11) is 0. The van der Waals surface area contributed by atoms with Gasteiger partial charge in [0, 0.05) is 11.6 Å². The van der Waals surface area contributed by atoms with Crippen molar-refractivity contribution in [3.05, 3.63) is 91.2 Å². The van der Waals surface area contributed by atoms with Crippen LogP contribution in [0.3, 0.4) is 0 Å². The van der Waals surface area contributed by atoms with Crippen molar-refractivity contribution in [1.82, 2.24) is 19.7 Å². The summed E-state index contributed by atoms with van der Waals surface area (Å²) in [6, 6.07) is 10.2. The fraction of sp³-hybridized carbons (Fsp3) is 0.273. The third-order valence-electron chi connectivity index (χ3n) is 5.19. The number of carbonyl (C=O) groups is 1. The van der Waals surface area contributed by atoms with Crippen LogP contribution in [0.15, 0.2) is 58.1 Å². The molecule has 0 unspecified atom stereocenters. The molecule has 3 aromatic rings. The number of carbonyl (C=O) groups excluding carboxylic acids is 1.